The van der Waals surface area contributed by atoms with Crippen molar-refractivity contribution in [3.63, 3.8) is 0 Å². The van der Waals surface area contributed by atoms with Gasteiger partial charge in [0.1, 0.15) is 30.3 Å². The van der Waals surface area contributed by atoms with Crippen LogP contribution in [0.15, 0.2) is 41.1 Å². The fraction of sp³-hybridized carbons (Fsp3) is 0.333. The molecule has 1 aromatic carbocycles. The lowest BCUT2D eigenvalue weighted by atomic mass is 10.1. The second-order valence-corrected chi connectivity index (χ2v) is 5.89. The van der Waals surface area contributed by atoms with Crippen LogP contribution in [0.4, 0.5) is 5.82 Å². The Bertz CT molecular complexity index is 840. The Morgan fingerprint density at radius 1 is 1.21 bits per heavy atom. The molecular formula is C18H19N3O3. The van der Waals surface area contributed by atoms with Gasteiger partial charge in [-0.25, -0.2) is 9.97 Å². The number of hydrogen-bond donors (Lipinski definition) is 2. The number of nitrogens with one attached hydrogen (secondary N) is 1. The molecule has 1 aliphatic rings. The first-order chi connectivity index (χ1) is 11.8. The van der Waals surface area contributed by atoms with Crippen LogP contribution in [0, 0.1) is 0 Å². The molecule has 0 spiro atoms. The third kappa shape index (κ3) is 2.98. The van der Waals surface area contributed by atoms with E-state index in [1.165, 1.54) is 0 Å². The molecule has 1 aliphatic heterocycles. The Balaban J connectivity index is 1.64. The number of aromatic nitrogens is 2. The Morgan fingerprint density at radius 3 is 2.96 bits per heavy atom. The summed E-state index contributed by atoms with van der Waals surface area (Å²) in [7, 11) is 0. The first kappa shape index (κ1) is 15.1. The molecule has 6 nitrogen and oxygen atoms in total. The molecule has 24 heavy (non-hydrogen) atoms. The predicted octanol–water partition coefficient (Wildman–Crippen LogP) is 2.97. The van der Waals surface area contributed by atoms with Crippen molar-refractivity contribution in [1.82, 2.24) is 9.97 Å². The summed E-state index contributed by atoms with van der Waals surface area (Å²) in [5.41, 5.74) is 1.80. The molecule has 0 saturated carbocycles. The fourth-order valence-corrected chi connectivity index (χ4v) is 2.98. The van der Waals surface area contributed by atoms with Gasteiger partial charge in [0.25, 0.3) is 0 Å². The number of benzene rings is 1. The number of hydrogen-bond acceptors (Lipinski definition) is 6. The minimum absolute atomic E-state index is 0.106. The molecule has 2 aromatic heterocycles. The maximum atomic E-state index is 9.15. The zero-order chi connectivity index (χ0) is 16.4. The van der Waals surface area contributed by atoms with Gasteiger partial charge in [0.2, 0.25) is 0 Å². The van der Waals surface area contributed by atoms with E-state index in [4.69, 9.17) is 14.3 Å². The van der Waals surface area contributed by atoms with Crippen molar-refractivity contribution in [2.75, 3.05) is 18.5 Å². The molecule has 1 unspecified atom stereocenters. The van der Waals surface area contributed by atoms with Crippen molar-refractivity contribution >= 4 is 16.7 Å². The summed E-state index contributed by atoms with van der Waals surface area (Å²) in [5, 5.41) is 13.5. The number of rotatable bonds is 5. The maximum Gasteiger partial charge on any atom is 0.137 e. The van der Waals surface area contributed by atoms with Gasteiger partial charge in [0, 0.05) is 24.1 Å². The molecule has 1 atom stereocenters. The van der Waals surface area contributed by atoms with Crippen LogP contribution in [0.3, 0.4) is 0 Å². The monoisotopic (exact) mass is 325 g/mol. The van der Waals surface area contributed by atoms with Crippen LogP contribution in [-0.4, -0.2) is 34.3 Å². The summed E-state index contributed by atoms with van der Waals surface area (Å²) in [6.45, 7) is 1.48. The second kappa shape index (κ2) is 6.59. The number of anilines is 1. The van der Waals surface area contributed by atoms with Gasteiger partial charge >= 0.3 is 0 Å². The summed E-state index contributed by atoms with van der Waals surface area (Å²) < 4.78 is 11.3. The predicted molar refractivity (Wildman–Crippen MR) is 90.6 cm³/mol. The summed E-state index contributed by atoms with van der Waals surface area (Å²) >= 11 is 0. The molecule has 0 amide bonds. The van der Waals surface area contributed by atoms with Crippen LogP contribution < -0.4 is 5.32 Å². The van der Waals surface area contributed by atoms with Crippen LogP contribution in [0.1, 0.15) is 18.6 Å². The quantitative estimate of drug-likeness (QED) is 0.751. The molecule has 3 heterocycles. The molecule has 0 bridgehead atoms. The molecular weight excluding hydrogens is 306 g/mol. The van der Waals surface area contributed by atoms with E-state index in [0.717, 1.165) is 54.0 Å². The van der Waals surface area contributed by atoms with Gasteiger partial charge in [-0.1, -0.05) is 0 Å². The highest BCUT2D eigenvalue weighted by molar-refractivity contribution is 5.92. The van der Waals surface area contributed by atoms with Crippen LogP contribution in [0.25, 0.3) is 22.2 Å². The van der Waals surface area contributed by atoms with E-state index in [2.05, 4.69) is 15.3 Å². The molecule has 0 radical (unpaired) electrons. The van der Waals surface area contributed by atoms with E-state index in [1.807, 2.05) is 24.3 Å². The highest BCUT2D eigenvalue weighted by Crippen LogP contribution is 2.28. The van der Waals surface area contributed by atoms with Gasteiger partial charge in [-0.15, -0.1) is 0 Å². The van der Waals surface area contributed by atoms with Crippen molar-refractivity contribution in [2.45, 2.75) is 25.6 Å². The Kier molecular flexibility index (Phi) is 4.15. The van der Waals surface area contributed by atoms with E-state index in [-0.39, 0.29) is 12.7 Å². The van der Waals surface area contributed by atoms with E-state index in [9.17, 15) is 0 Å². The first-order valence-corrected chi connectivity index (χ1v) is 8.13. The molecule has 1 saturated heterocycles. The van der Waals surface area contributed by atoms with E-state index >= 15 is 0 Å². The lowest BCUT2D eigenvalue weighted by Gasteiger charge is -2.13. The smallest absolute Gasteiger partial charge is 0.137 e. The highest BCUT2D eigenvalue weighted by Gasteiger charge is 2.16. The van der Waals surface area contributed by atoms with Gasteiger partial charge in [0.15, 0.2) is 0 Å². The highest BCUT2D eigenvalue weighted by atomic mass is 16.5. The molecule has 124 valence electrons. The number of aliphatic hydroxyl groups is 1. The van der Waals surface area contributed by atoms with Crippen molar-refractivity contribution in [1.29, 1.82) is 0 Å². The normalized spacial score (nSPS) is 17.5. The number of nitrogens with zero attached hydrogens (tertiary/aromatic N) is 2. The topological polar surface area (TPSA) is 80.4 Å². The summed E-state index contributed by atoms with van der Waals surface area (Å²) in [5.74, 6) is 2.06. The minimum atomic E-state index is -0.106. The third-order valence-electron chi connectivity index (χ3n) is 4.26. The third-order valence-corrected chi connectivity index (χ3v) is 4.26. The number of fused-ring (bicyclic) bond motifs is 1. The van der Waals surface area contributed by atoms with Crippen LogP contribution in [0.5, 0.6) is 0 Å². The largest absolute Gasteiger partial charge is 0.459 e. The van der Waals surface area contributed by atoms with Gasteiger partial charge in [-0.3, -0.25) is 0 Å². The second-order valence-electron chi connectivity index (χ2n) is 5.89. The van der Waals surface area contributed by atoms with Gasteiger partial charge in [0.05, 0.1) is 11.6 Å². The molecule has 1 fully saturated rings. The van der Waals surface area contributed by atoms with Crippen molar-refractivity contribution in [3.8, 4) is 11.3 Å². The average Bonchev–Trinajstić information content (AvgIpc) is 3.31. The van der Waals surface area contributed by atoms with Crippen LogP contribution in [-0.2, 0) is 11.3 Å². The van der Waals surface area contributed by atoms with E-state index in [1.54, 1.807) is 12.4 Å². The minimum Gasteiger partial charge on any atom is -0.459 e. The molecule has 2 N–H and O–H groups in total. The molecule has 0 aliphatic carbocycles. The van der Waals surface area contributed by atoms with Crippen molar-refractivity contribution in [3.05, 3.63) is 42.4 Å². The Labute approximate surface area is 139 Å². The zero-order valence-electron chi connectivity index (χ0n) is 13.2. The molecule has 3 aromatic rings. The van der Waals surface area contributed by atoms with Crippen LogP contribution >= 0.6 is 0 Å². The van der Waals surface area contributed by atoms with Gasteiger partial charge in [-0.2, -0.15) is 0 Å². The number of aliphatic hydroxyl groups excluding tert-OH is 1. The number of furan rings is 1. The lowest BCUT2D eigenvalue weighted by molar-refractivity contribution is 0.120. The lowest BCUT2D eigenvalue weighted by Crippen LogP contribution is -2.19. The summed E-state index contributed by atoms with van der Waals surface area (Å²) in [4.78, 5) is 8.70. The molecule has 4 rings (SSSR count). The van der Waals surface area contributed by atoms with Crippen molar-refractivity contribution < 1.29 is 14.3 Å². The fourth-order valence-electron chi connectivity index (χ4n) is 2.98. The maximum absolute atomic E-state index is 9.15. The zero-order valence-corrected chi connectivity index (χ0v) is 13.2. The first-order valence-electron chi connectivity index (χ1n) is 8.13. The summed E-state index contributed by atoms with van der Waals surface area (Å²) in [6.07, 6.45) is 4.01. The average molecular weight is 325 g/mol. The Morgan fingerprint density at radius 2 is 2.17 bits per heavy atom. The van der Waals surface area contributed by atoms with Crippen LogP contribution in [0.2, 0.25) is 0 Å². The molecule has 6 heteroatoms. The van der Waals surface area contributed by atoms with Gasteiger partial charge in [-0.05, 0) is 43.2 Å². The van der Waals surface area contributed by atoms with E-state index < -0.39 is 0 Å². The summed E-state index contributed by atoms with van der Waals surface area (Å²) in [6, 6.07) is 9.55. The van der Waals surface area contributed by atoms with Crippen molar-refractivity contribution in [2.24, 2.45) is 0 Å². The number of ether oxygens (including phenoxy) is 1. The SMILES string of the molecule is OCc1ccc(-c2ccc3ncnc(NCC4CCCO4)c3c2)o1. The van der Waals surface area contributed by atoms with E-state index in [0.29, 0.717) is 5.76 Å². The van der Waals surface area contributed by atoms with Gasteiger partial charge < -0.3 is 19.6 Å². The standard InChI is InChI=1S/C18H19N3O3/c22-10-14-4-6-17(24-14)12-3-5-16-15(8-12)18(21-11-20-16)19-9-13-2-1-7-23-13/h3-6,8,11,13,22H,1-2,7,9-10H2,(H,19,20,21). The Hall–Kier alpha value is -2.44.